The van der Waals surface area contributed by atoms with Crippen LogP contribution in [0.1, 0.15) is 27.2 Å². The molecule has 0 aromatic carbocycles. The minimum atomic E-state index is -0.204. The number of hydrogen-bond donors (Lipinski definition) is 0. The summed E-state index contributed by atoms with van der Waals surface area (Å²) in [6, 6.07) is 0. The van der Waals surface area contributed by atoms with Crippen molar-refractivity contribution in [3.63, 3.8) is 0 Å². The minimum Gasteiger partial charge on any atom is -0.270 e. The minimum absolute atomic E-state index is 0.204. The highest BCUT2D eigenvalue weighted by Gasteiger charge is 2.30. The molecule has 0 aromatic rings. The Bertz CT molecular complexity index is 170. The van der Waals surface area contributed by atoms with E-state index in [-0.39, 0.29) is 12.1 Å². The standard InChI is InChI=1S/C8H16FN3/c1-4-5-12-8(7(2)3)11(9)6-10-12/h6-8H,4-5H2,1-3H3. The van der Waals surface area contributed by atoms with Crippen molar-refractivity contribution in [3.8, 4) is 0 Å². The van der Waals surface area contributed by atoms with Crippen molar-refractivity contribution < 1.29 is 4.48 Å². The van der Waals surface area contributed by atoms with Crippen LogP contribution in [0.3, 0.4) is 0 Å². The Balaban J connectivity index is 2.56. The van der Waals surface area contributed by atoms with Gasteiger partial charge >= 0.3 is 0 Å². The van der Waals surface area contributed by atoms with Crippen molar-refractivity contribution in [2.24, 2.45) is 11.0 Å². The molecule has 0 saturated heterocycles. The summed E-state index contributed by atoms with van der Waals surface area (Å²) >= 11 is 0. The van der Waals surface area contributed by atoms with Crippen LogP contribution in [0.15, 0.2) is 5.10 Å². The Labute approximate surface area is 72.8 Å². The van der Waals surface area contributed by atoms with Gasteiger partial charge in [-0.3, -0.25) is 5.01 Å². The van der Waals surface area contributed by atoms with Gasteiger partial charge in [0, 0.05) is 6.54 Å². The molecule has 0 N–H and O–H groups in total. The first-order chi connectivity index (χ1) is 5.66. The number of hydrazone groups is 1. The zero-order chi connectivity index (χ0) is 9.14. The summed E-state index contributed by atoms with van der Waals surface area (Å²) in [5.74, 6) is 0.254. The van der Waals surface area contributed by atoms with Gasteiger partial charge in [-0.2, -0.15) is 10.2 Å². The first-order valence-corrected chi connectivity index (χ1v) is 4.41. The van der Waals surface area contributed by atoms with E-state index in [9.17, 15) is 4.48 Å². The van der Waals surface area contributed by atoms with Crippen LogP contribution in [-0.4, -0.2) is 29.2 Å². The molecule has 1 aliphatic heterocycles. The fourth-order valence-electron chi connectivity index (χ4n) is 1.43. The SMILES string of the molecule is CCCN1N=CN(F)C1C(C)C. The molecule has 4 heteroatoms. The van der Waals surface area contributed by atoms with Gasteiger partial charge in [0.25, 0.3) is 0 Å². The summed E-state index contributed by atoms with van der Waals surface area (Å²) in [5, 5.41) is 6.45. The maximum atomic E-state index is 13.1. The van der Waals surface area contributed by atoms with Crippen molar-refractivity contribution in [1.82, 2.24) is 10.1 Å². The topological polar surface area (TPSA) is 18.8 Å². The molecule has 0 amide bonds. The van der Waals surface area contributed by atoms with Crippen molar-refractivity contribution in [2.45, 2.75) is 33.4 Å². The zero-order valence-corrected chi connectivity index (χ0v) is 7.87. The lowest BCUT2D eigenvalue weighted by atomic mass is 10.1. The second-order valence-electron chi connectivity index (χ2n) is 3.40. The Morgan fingerprint density at radius 2 is 2.25 bits per heavy atom. The van der Waals surface area contributed by atoms with E-state index in [0.29, 0.717) is 5.12 Å². The molecule has 1 unspecified atom stereocenters. The molecule has 0 fully saturated rings. The van der Waals surface area contributed by atoms with Crippen LogP contribution in [0.25, 0.3) is 0 Å². The van der Waals surface area contributed by atoms with Gasteiger partial charge in [-0.05, 0) is 12.3 Å². The number of nitrogens with zero attached hydrogens (tertiary/aromatic N) is 3. The van der Waals surface area contributed by atoms with Crippen molar-refractivity contribution >= 4 is 6.34 Å². The summed E-state index contributed by atoms with van der Waals surface area (Å²) < 4.78 is 13.1. The second-order valence-corrected chi connectivity index (χ2v) is 3.40. The van der Waals surface area contributed by atoms with Gasteiger partial charge in [-0.15, -0.1) is 0 Å². The normalized spacial score (nSPS) is 22.9. The molecule has 1 heterocycles. The van der Waals surface area contributed by atoms with E-state index in [1.54, 1.807) is 5.01 Å². The van der Waals surface area contributed by atoms with Gasteiger partial charge in [0.2, 0.25) is 0 Å². The lowest BCUT2D eigenvalue weighted by Gasteiger charge is -2.27. The third-order valence-corrected chi connectivity index (χ3v) is 1.92. The highest BCUT2D eigenvalue weighted by Crippen LogP contribution is 2.20. The fourth-order valence-corrected chi connectivity index (χ4v) is 1.43. The fraction of sp³-hybridized carbons (Fsp3) is 0.875. The van der Waals surface area contributed by atoms with Gasteiger partial charge in [0.15, 0.2) is 6.17 Å². The third kappa shape index (κ3) is 1.68. The van der Waals surface area contributed by atoms with Crippen LogP contribution < -0.4 is 0 Å². The first-order valence-electron chi connectivity index (χ1n) is 4.41. The van der Waals surface area contributed by atoms with Crippen molar-refractivity contribution in [1.29, 1.82) is 0 Å². The van der Waals surface area contributed by atoms with Crippen molar-refractivity contribution in [3.05, 3.63) is 0 Å². The monoisotopic (exact) mass is 173 g/mol. The predicted octanol–water partition coefficient (Wildman–Crippen LogP) is 1.82. The van der Waals surface area contributed by atoms with Gasteiger partial charge in [0.1, 0.15) is 6.34 Å². The maximum absolute atomic E-state index is 13.1. The summed E-state index contributed by atoms with van der Waals surface area (Å²) in [6.45, 7) is 6.87. The van der Waals surface area contributed by atoms with Crippen LogP contribution in [0.4, 0.5) is 4.48 Å². The van der Waals surface area contributed by atoms with E-state index in [4.69, 9.17) is 0 Å². The quantitative estimate of drug-likeness (QED) is 0.606. The highest BCUT2D eigenvalue weighted by atomic mass is 19.2. The maximum Gasteiger partial charge on any atom is 0.151 e. The Morgan fingerprint density at radius 3 is 2.75 bits per heavy atom. The molecule has 1 rings (SSSR count). The highest BCUT2D eigenvalue weighted by molar-refractivity contribution is 5.55. The summed E-state index contributed by atoms with van der Waals surface area (Å²) in [4.78, 5) is 0. The Kier molecular flexibility index (Phi) is 2.89. The Morgan fingerprint density at radius 1 is 1.58 bits per heavy atom. The first kappa shape index (κ1) is 9.29. The molecule has 0 aliphatic carbocycles. The summed E-state index contributed by atoms with van der Waals surface area (Å²) in [7, 11) is 0. The van der Waals surface area contributed by atoms with E-state index in [1.165, 1.54) is 6.34 Å². The number of rotatable bonds is 3. The van der Waals surface area contributed by atoms with E-state index in [2.05, 4.69) is 12.0 Å². The number of halogens is 1. The smallest absolute Gasteiger partial charge is 0.151 e. The molecule has 3 nitrogen and oxygen atoms in total. The van der Waals surface area contributed by atoms with Crippen LogP contribution in [0.5, 0.6) is 0 Å². The molecule has 1 atom stereocenters. The summed E-state index contributed by atoms with van der Waals surface area (Å²) in [5.41, 5.74) is 0. The molecule has 70 valence electrons. The van der Waals surface area contributed by atoms with E-state index in [1.807, 2.05) is 13.8 Å². The molecule has 0 radical (unpaired) electrons. The molecule has 0 bridgehead atoms. The molecule has 0 aromatic heterocycles. The van der Waals surface area contributed by atoms with E-state index < -0.39 is 0 Å². The average molecular weight is 173 g/mol. The van der Waals surface area contributed by atoms with Gasteiger partial charge < -0.3 is 0 Å². The van der Waals surface area contributed by atoms with Crippen LogP contribution in [0.2, 0.25) is 0 Å². The molecule has 0 saturated carbocycles. The lowest BCUT2D eigenvalue weighted by molar-refractivity contribution is -0.0213. The van der Waals surface area contributed by atoms with E-state index in [0.717, 1.165) is 13.0 Å². The zero-order valence-electron chi connectivity index (χ0n) is 7.87. The Hall–Kier alpha value is -0.800. The van der Waals surface area contributed by atoms with Crippen LogP contribution in [-0.2, 0) is 0 Å². The second kappa shape index (κ2) is 3.74. The molecular weight excluding hydrogens is 157 g/mol. The van der Waals surface area contributed by atoms with Crippen LogP contribution in [0, 0.1) is 5.92 Å². The van der Waals surface area contributed by atoms with Crippen molar-refractivity contribution in [2.75, 3.05) is 6.54 Å². The predicted molar refractivity (Wildman–Crippen MR) is 47.1 cm³/mol. The number of hydrogen-bond acceptors (Lipinski definition) is 3. The van der Waals surface area contributed by atoms with Gasteiger partial charge in [0.05, 0.1) is 0 Å². The van der Waals surface area contributed by atoms with Crippen LogP contribution >= 0.6 is 0 Å². The average Bonchev–Trinajstić information content (AvgIpc) is 2.32. The largest absolute Gasteiger partial charge is 0.270 e. The molecule has 12 heavy (non-hydrogen) atoms. The molecule has 1 aliphatic rings. The molecule has 0 spiro atoms. The summed E-state index contributed by atoms with van der Waals surface area (Å²) in [6.07, 6.45) is 2.04. The van der Waals surface area contributed by atoms with Gasteiger partial charge in [-0.25, -0.2) is 0 Å². The third-order valence-electron chi connectivity index (χ3n) is 1.92. The van der Waals surface area contributed by atoms with E-state index >= 15 is 0 Å². The lowest BCUT2D eigenvalue weighted by Crippen LogP contribution is -2.39. The van der Waals surface area contributed by atoms with Gasteiger partial charge in [-0.1, -0.05) is 25.3 Å². The molecular formula is C8H16FN3.